The number of sulfonamides is 1. The molecule has 1 aliphatic carbocycles. The van der Waals surface area contributed by atoms with Crippen molar-refractivity contribution in [2.45, 2.75) is 44.0 Å². The second kappa shape index (κ2) is 4.88. The number of thiophene rings is 1. The zero-order chi connectivity index (χ0) is 14.3. The summed E-state index contributed by atoms with van der Waals surface area (Å²) < 4.78 is 27.1. The monoisotopic (exact) mass is 303 g/mol. The molecule has 0 aromatic carbocycles. The Morgan fingerprint density at radius 1 is 1.53 bits per heavy atom. The minimum atomic E-state index is -3.63. The van der Waals surface area contributed by atoms with Gasteiger partial charge in [0.2, 0.25) is 10.0 Å². The Labute approximate surface area is 116 Å². The molecular formula is C12H17NO4S2. The van der Waals surface area contributed by atoms with Crippen LogP contribution in [0.4, 0.5) is 0 Å². The van der Waals surface area contributed by atoms with Crippen LogP contribution in [0.25, 0.3) is 0 Å². The van der Waals surface area contributed by atoms with Crippen LogP contribution in [-0.2, 0) is 10.0 Å². The van der Waals surface area contributed by atoms with Crippen molar-refractivity contribution >= 4 is 27.3 Å². The first-order valence-corrected chi connectivity index (χ1v) is 8.43. The fourth-order valence-electron chi connectivity index (χ4n) is 2.37. The molecule has 1 unspecified atom stereocenters. The second-order valence-corrected chi connectivity index (χ2v) is 8.13. The first-order chi connectivity index (χ1) is 8.72. The normalized spacial score (nSPS) is 22.5. The van der Waals surface area contributed by atoms with E-state index in [0.717, 1.165) is 30.6 Å². The molecule has 1 aromatic heterocycles. The van der Waals surface area contributed by atoms with Gasteiger partial charge in [0.1, 0.15) is 4.88 Å². The summed E-state index contributed by atoms with van der Waals surface area (Å²) in [6.45, 7) is 4.09. The number of carbonyl (C=O) groups is 1. The molecule has 1 atom stereocenters. The van der Waals surface area contributed by atoms with Crippen LogP contribution < -0.4 is 4.72 Å². The number of carboxylic acids is 1. The van der Waals surface area contributed by atoms with Gasteiger partial charge in [0, 0.05) is 11.4 Å². The van der Waals surface area contributed by atoms with Gasteiger partial charge in [0.05, 0.1) is 4.90 Å². The summed E-state index contributed by atoms with van der Waals surface area (Å²) in [5.74, 6) is -1.10. The van der Waals surface area contributed by atoms with Crippen LogP contribution >= 0.6 is 11.3 Å². The van der Waals surface area contributed by atoms with Crippen LogP contribution in [0.1, 0.15) is 42.8 Å². The summed E-state index contributed by atoms with van der Waals surface area (Å²) in [5.41, 5.74) is -0.0568. The van der Waals surface area contributed by atoms with E-state index in [1.807, 2.05) is 13.8 Å². The van der Waals surface area contributed by atoms with Crippen molar-refractivity contribution in [1.29, 1.82) is 0 Å². The SMILES string of the molecule is CC1(C)CCCC1NS(=O)(=O)c1csc(C(=O)O)c1. The fourth-order valence-corrected chi connectivity index (χ4v) is 4.93. The predicted octanol–water partition coefficient (Wildman–Crippen LogP) is 2.30. The fraction of sp³-hybridized carbons (Fsp3) is 0.583. The number of carboxylic acid groups (broad SMARTS) is 1. The van der Waals surface area contributed by atoms with Crippen LogP contribution in [0.15, 0.2) is 16.3 Å². The largest absolute Gasteiger partial charge is 0.477 e. The lowest BCUT2D eigenvalue weighted by molar-refractivity contribution is 0.0702. The Morgan fingerprint density at radius 3 is 2.68 bits per heavy atom. The van der Waals surface area contributed by atoms with E-state index in [2.05, 4.69) is 4.72 Å². The van der Waals surface area contributed by atoms with Crippen molar-refractivity contribution in [2.24, 2.45) is 5.41 Å². The molecule has 1 aromatic rings. The number of aromatic carboxylic acids is 1. The molecule has 1 saturated carbocycles. The molecular weight excluding hydrogens is 286 g/mol. The van der Waals surface area contributed by atoms with E-state index in [9.17, 15) is 13.2 Å². The molecule has 106 valence electrons. The third kappa shape index (κ3) is 2.98. The Morgan fingerprint density at radius 2 is 2.21 bits per heavy atom. The Bertz CT molecular complexity index is 589. The van der Waals surface area contributed by atoms with E-state index < -0.39 is 16.0 Å². The number of rotatable bonds is 4. The molecule has 7 heteroatoms. The molecule has 2 rings (SSSR count). The molecule has 1 aliphatic rings. The highest BCUT2D eigenvalue weighted by atomic mass is 32.2. The average molecular weight is 303 g/mol. The minimum Gasteiger partial charge on any atom is -0.477 e. The molecule has 1 fully saturated rings. The molecule has 1 heterocycles. The zero-order valence-corrected chi connectivity index (χ0v) is 12.5. The highest BCUT2D eigenvalue weighted by Crippen LogP contribution is 2.38. The molecule has 0 amide bonds. The van der Waals surface area contributed by atoms with E-state index in [4.69, 9.17) is 5.11 Å². The van der Waals surface area contributed by atoms with Gasteiger partial charge in [-0.2, -0.15) is 0 Å². The Hall–Kier alpha value is -0.920. The maximum atomic E-state index is 12.2. The van der Waals surface area contributed by atoms with E-state index in [1.165, 1.54) is 11.4 Å². The summed E-state index contributed by atoms with van der Waals surface area (Å²) in [6, 6.07) is 1.11. The second-order valence-electron chi connectivity index (χ2n) is 5.51. The molecule has 0 saturated heterocycles. The lowest BCUT2D eigenvalue weighted by Crippen LogP contribution is -2.41. The van der Waals surface area contributed by atoms with Crippen LogP contribution in [0.2, 0.25) is 0 Å². The van der Waals surface area contributed by atoms with Crippen molar-refractivity contribution in [2.75, 3.05) is 0 Å². The minimum absolute atomic E-state index is 0.0334. The number of nitrogens with one attached hydrogen (secondary N) is 1. The Kier molecular flexibility index (Phi) is 3.72. The first kappa shape index (κ1) is 14.5. The van der Waals surface area contributed by atoms with Gasteiger partial charge in [0.25, 0.3) is 0 Å². The van der Waals surface area contributed by atoms with Crippen molar-refractivity contribution < 1.29 is 18.3 Å². The quantitative estimate of drug-likeness (QED) is 0.894. The summed E-state index contributed by atoms with van der Waals surface area (Å²) >= 11 is 0.924. The van der Waals surface area contributed by atoms with Crippen LogP contribution in [-0.4, -0.2) is 25.5 Å². The van der Waals surface area contributed by atoms with Gasteiger partial charge in [-0.15, -0.1) is 11.3 Å². The third-order valence-corrected chi connectivity index (χ3v) is 6.17. The van der Waals surface area contributed by atoms with Gasteiger partial charge in [-0.1, -0.05) is 20.3 Å². The topological polar surface area (TPSA) is 83.5 Å². The molecule has 5 nitrogen and oxygen atoms in total. The molecule has 2 N–H and O–H groups in total. The van der Waals surface area contributed by atoms with Crippen LogP contribution in [0, 0.1) is 5.41 Å². The van der Waals surface area contributed by atoms with Crippen LogP contribution in [0.5, 0.6) is 0 Å². The van der Waals surface area contributed by atoms with Crippen molar-refractivity contribution in [3.63, 3.8) is 0 Å². The van der Waals surface area contributed by atoms with Crippen LogP contribution in [0.3, 0.4) is 0 Å². The summed E-state index contributed by atoms with van der Waals surface area (Å²) in [7, 11) is -3.63. The smallest absolute Gasteiger partial charge is 0.345 e. The maximum absolute atomic E-state index is 12.2. The summed E-state index contributed by atoms with van der Waals surface area (Å²) in [5, 5.41) is 10.2. The number of hydrogen-bond acceptors (Lipinski definition) is 4. The molecule has 0 aliphatic heterocycles. The zero-order valence-electron chi connectivity index (χ0n) is 10.8. The van der Waals surface area contributed by atoms with Gasteiger partial charge >= 0.3 is 5.97 Å². The van der Waals surface area contributed by atoms with E-state index in [1.54, 1.807) is 0 Å². The summed E-state index contributed by atoms with van der Waals surface area (Å²) in [6.07, 6.45) is 2.82. The molecule has 19 heavy (non-hydrogen) atoms. The van der Waals surface area contributed by atoms with Crippen molar-refractivity contribution in [3.8, 4) is 0 Å². The Balaban J connectivity index is 2.20. The van der Waals surface area contributed by atoms with Gasteiger partial charge in [-0.3, -0.25) is 0 Å². The van der Waals surface area contributed by atoms with Gasteiger partial charge in [-0.25, -0.2) is 17.9 Å². The van der Waals surface area contributed by atoms with E-state index in [0.29, 0.717) is 0 Å². The average Bonchev–Trinajstić information content (AvgIpc) is 2.86. The standard InChI is InChI=1S/C12H17NO4S2/c1-12(2)5-3-4-10(12)13-19(16,17)8-6-9(11(14)15)18-7-8/h6-7,10,13H,3-5H2,1-2H3,(H,14,15). The number of hydrogen-bond donors (Lipinski definition) is 2. The lowest BCUT2D eigenvalue weighted by atomic mass is 9.88. The maximum Gasteiger partial charge on any atom is 0.345 e. The van der Waals surface area contributed by atoms with Crippen molar-refractivity contribution in [3.05, 3.63) is 16.3 Å². The van der Waals surface area contributed by atoms with Crippen molar-refractivity contribution in [1.82, 2.24) is 4.72 Å². The molecule has 0 bridgehead atoms. The molecule has 0 radical (unpaired) electrons. The van der Waals surface area contributed by atoms with Gasteiger partial charge in [0.15, 0.2) is 0 Å². The first-order valence-electron chi connectivity index (χ1n) is 6.06. The summed E-state index contributed by atoms with van der Waals surface area (Å²) in [4.78, 5) is 10.9. The highest BCUT2D eigenvalue weighted by Gasteiger charge is 2.37. The van der Waals surface area contributed by atoms with Gasteiger partial charge in [-0.05, 0) is 24.3 Å². The van der Waals surface area contributed by atoms with E-state index in [-0.39, 0.29) is 21.2 Å². The third-order valence-electron chi connectivity index (χ3n) is 3.65. The predicted molar refractivity (Wildman–Crippen MR) is 73.0 cm³/mol. The molecule has 0 spiro atoms. The van der Waals surface area contributed by atoms with E-state index >= 15 is 0 Å². The van der Waals surface area contributed by atoms with Gasteiger partial charge < -0.3 is 5.11 Å². The lowest BCUT2D eigenvalue weighted by Gasteiger charge is -2.27. The highest BCUT2D eigenvalue weighted by molar-refractivity contribution is 7.89.